The van der Waals surface area contributed by atoms with Crippen molar-refractivity contribution in [3.63, 3.8) is 0 Å². The van der Waals surface area contributed by atoms with Crippen LogP contribution in [-0.2, 0) is 14.4 Å². The number of carbonyl (C=O) groups excluding carboxylic acids is 2. The SMILES string of the molecule is CC[C@@H](C(=O)NC(CC(=O)O)C(=O)COc1c(F)cc(F)cc1F)n1cnc2ccccc2c1=O. The Morgan fingerprint density at radius 1 is 1.14 bits per heavy atom. The molecule has 9 nitrogen and oxygen atoms in total. The maximum absolute atomic E-state index is 13.8. The fraction of sp³-hybridized carbons (Fsp3) is 0.261. The number of aliphatic carboxylic acids is 1. The minimum atomic E-state index is -1.63. The molecule has 0 spiro atoms. The highest BCUT2D eigenvalue weighted by atomic mass is 19.1. The monoisotopic (exact) mass is 491 g/mol. The van der Waals surface area contributed by atoms with E-state index >= 15 is 0 Å². The van der Waals surface area contributed by atoms with E-state index in [-0.39, 0.29) is 11.8 Å². The summed E-state index contributed by atoms with van der Waals surface area (Å²) >= 11 is 0. The van der Waals surface area contributed by atoms with Crippen molar-refractivity contribution < 1.29 is 37.4 Å². The van der Waals surface area contributed by atoms with Gasteiger partial charge in [-0.1, -0.05) is 19.1 Å². The zero-order valence-electron chi connectivity index (χ0n) is 18.3. The summed E-state index contributed by atoms with van der Waals surface area (Å²) in [7, 11) is 0. The molecule has 0 saturated heterocycles. The molecule has 1 aromatic heterocycles. The third-order valence-corrected chi connectivity index (χ3v) is 5.12. The Hall–Kier alpha value is -4.22. The first-order chi connectivity index (χ1) is 16.6. The van der Waals surface area contributed by atoms with Crippen LogP contribution in [0.5, 0.6) is 5.75 Å². The lowest BCUT2D eigenvalue weighted by molar-refractivity contribution is -0.140. The number of nitrogens with one attached hydrogen (secondary N) is 1. The molecule has 1 heterocycles. The molecule has 0 aliphatic rings. The van der Waals surface area contributed by atoms with Gasteiger partial charge < -0.3 is 15.2 Å². The number of nitrogens with zero attached hydrogens (tertiary/aromatic N) is 2. The highest BCUT2D eigenvalue weighted by Crippen LogP contribution is 2.23. The second-order valence-electron chi connectivity index (χ2n) is 7.51. The number of aromatic nitrogens is 2. The van der Waals surface area contributed by atoms with Gasteiger partial charge in [0.25, 0.3) is 5.56 Å². The zero-order chi connectivity index (χ0) is 25.7. The summed E-state index contributed by atoms with van der Waals surface area (Å²) in [5, 5.41) is 11.7. The van der Waals surface area contributed by atoms with Crippen LogP contribution in [0.15, 0.2) is 47.5 Å². The van der Waals surface area contributed by atoms with Crippen LogP contribution in [0.2, 0.25) is 0 Å². The Bertz CT molecular complexity index is 1320. The van der Waals surface area contributed by atoms with Crippen molar-refractivity contribution in [3.8, 4) is 5.75 Å². The second-order valence-corrected chi connectivity index (χ2v) is 7.51. The summed E-state index contributed by atoms with van der Waals surface area (Å²) in [4.78, 5) is 53.7. The Labute approximate surface area is 196 Å². The number of ketones is 1. The maximum Gasteiger partial charge on any atom is 0.305 e. The van der Waals surface area contributed by atoms with Gasteiger partial charge in [0.2, 0.25) is 5.91 Å². The Kier molecular flexibility index (Phi) is 7.84. The molecule has 0 bridgehead atoms. The lowest BCUT2D eigenvalue weighted by Gasteiger charge is -2.22. The van der Waals surface area contributed by atoms with E-state index in [0.717, 1.165) is 4.57 Å². The standard InChI is InChI=1S/C23H20F3N3O6/c1-2-18(29-11-27-16-6-4-3-5-13(16)23(29)34)22(33)28-17(9-20(31)32)19(30)10-35-21-14(25)7-12(24)8-15(21)26/h3-8,11,17-18H,2,9-10H2,1H3,(H,28,33)(H,31,32)/t17?,18-/m0/s1. The summed E-state index contributed by atoms with van der Waals surface area (Å²) in [6, 6.07) is 4.41. The number of benzene rings is 2. The van der Waals surface area contributed by atoms with Crippen molar-refractivity contribution in [1.82, 2.24) is 14.9 Å². The maximum atomic E-state index is 13.8. The first-order valence-corrected chi connectivity index (χ1v) is 10.4. The predicted octanol–water partition coefficient (Wildman–Crippen LogP) is 2.37. The number of rotatable bonds is 10. The molecule has 12 heteroatoms. The molecule has 0 radical (unpaired) electrons. The van der Waals surface area contributed by atoms with Crippen molar-refractivity contribution in [1.29, 1.82) is 0 Å². The number of Topliss-reactive ketones (excluding diaryl/α,β-unsaturated/α-hetero) is 1. The van der Waals surface area contributed by atoms with Crippen LogP contribution in [0.3, 0.4) is 0 Å². The minimum Gasteiger partial charge on any atom is -0.481 e. The number of hydrogen-bond acceptors (Lipinski definition) is 6. The number of amides is 1. The summed E-state index contributed by atoms with van der Waals surface area (Å²) in [5.41, 5.74) is -0.0929. The first-order valence-electron chi connectivity index (χ1n) is 10.4. The molecule has 0 fully saturated rings. The molecule has 3 rings (SSSR count). The van der Waals surface area contributed by atoms with E-state index in [4.69, 9.17) is 9.84 Å². The smallest absolute Gasteiger partial charge is 0.305 e. The fourth-order valence-electron chi connectivity index (χ4n) is 3.41. The van der Waals surface area contributed by atoms with E-state index in [1.54, 1.807) is 25.1 Å². The van der Waals surface area contributed by atoms with Crippen molar-refractivity contribution >= 4 is 28.6 Å². The van der Waals surface area contributed by atoms with E-state index in [9.17, 15) is 32.3 Å². The van der Waals surface area contributed by atoms with Crippen LogP contribution < -0.4 is 15.6 Å². The molecule has 0 saturated carbocycles. The predicted molar refractivity (Wildman–Crippen MR) is 116 cm³/mol. The lowest BCUT2D eigenvalue weighted by Crippen LogP contribution is -2.48. The molecule has 184 valence electrons. The van der Waals surface area contributed by atoms with E-state index in [1.807, 2.05) is 0 Å². The highest BCUT2D eigenvalue weighted by molar-refractivity contribution is 5.93. The number of carboxylic acids is 1. The summed E-state index contributed by atoms with van der Waals surface area (Å²) in [5.74, 6) is -8.32. The van der Waals surface area contributed by atoms with E-state index in [2.05, 4.69) is 10.3 Å². The molecular formula is C23H20F3N3O6. The minimum absolute atomic E-state index is 0.0994. The van der Waals surface area contributed by atoms with Gasteiger partial charge in [0.1, 0.15) is 24.5 Å². The number of halogens is 3. The Morgan fingerprint density at radius 2 is 1.80 bits per heavy atom. The molecule has 1 amide bonds. The summed E-state index contributed by atoms with van der Waals surface area (Å²) in [6.45, 7) is 0.592. The van der Waals surface area contributed by atoms with Crippen LogP contribution in [0.25, 0.3) is 10.9 Å². The zero-order valence-corrected chi connectivity index (χ0v) is 18.3. The second kappa shape index (κ2) is 10.8. The Balaban J connectivity index is 1.80. The van der Waals surface area contributed by atoms with Crippen LogP contribution in [-0.4, -0.2) is 45.0 Å². The molecule has 0 aliphatic heterocycles. The number of para-hydroxylation sites is 1. The molecular weight excluding hydrogens is 471 g/mol. The van der Waals surface area contributed by atoms with E-state index in [0.29, 0.717) is 17.6 Å². The van der Waals surface area contributed by atoms with Gasteiger partial charge >= 0.3 is 5.97 Å². The van der Waals surface area contributed by atoms with Gasteiger partial charge in [-0.2, -0.15) is 0 Å². The van der Waals surface area contributed by atoms with Crippen LogP contribution >= 0.6 is 0 Å². The Morgan fingerprint density at radius 3 is 2.43 bits per heavy atom. The van der Waals surface area contributed by atoms with E-state index in [1.165, 1.54) is 12.4 Å². The van der Waals surface area contributed by atoms with Gasteiger partial charge in [-0.05, 0) is 18.6 Å². The first kappa shape index (κ1) is 25.4. The van der Waals surface area contributed by atoms with E-state index < -0.39 is 71.5 Å². The molecule has 2 N–H and O–H groups in total. The van der Waals surface area contributed by atoms with Crippen molar-refractivity contribution in [2.75, 3.05) is 6.61 Å². The quantitative estimate of drug-likeness (QED) is 0.446. The third-order valence-electron chi connectivity index (χ3n) is 5.12. The van der Waals surface area contributed by atoms with Gasteiger partial charge in [-0.3, -0.25) is 23.7 Å². The number of carboxylic acid groups (broad SMARTS) is 1. The molecule has 0 aliphatic carbocycles. The third kappa shape index (κ3) is 5.83. The van der Waals surface area contributed by atoms with Gasteiger partial charge in [0.15, 0.2) is 23.2 Å². The normalized spacial score (nSPS) is 12.7. The van der Waals surface area contributed by atoms with Gasteiger partial charge in [-0.15, -0.1) is 0 Å². The van der Waals surface area contributed by atoms with Gasteiger partial charge in [0.05, 0.1) is 23.7 Å². The lowest BCUT2D eigenvalue weighted by atomic mass is 10.1. The summed E-state index contributed by atoms with van der Waals surface area (Å²) in [6.07, 6.45) is 0.418. The average molecular weight is 491 g/mol. The number of fused-ring (bicyclic) bond motifs is 1. The van der Waals surface area contributed by atoms with Crippen molar-refractivity contribution in [3.05, 3.63) is 70.5 Å². The molecule has 3 aromatic rings. The molecule has 2 aromatic carbocycles. The number of carbonyl (C=O) groups is 3. The van der Waals surface area contributed by atoms with Crippen LogP contribution in [0.1, 0.15) is 25.8 Å². The number of hydrogen-bond donors (Lipinski definition) is 2. The van der Waals surface area contributed by atoms with Crippen LogP contribution in [0.4, 0.5) is 13.2 Å². The fourth-order valence-corrected chi connectivity index (χ4v) is 3.41. The topological polar surface area (TPSA) is 128 Å². The highest BCUT2D eigenvalue weighted by Gasteiger charge is 2.29. The van der Waals surface area contributed by atoms with Gasteiger partial charge in [0, 0.05) is 12.1 Å². The molecule has 2 atom stereocenters. The molecule has 35 heavy (non-hydrogen) atoms. The molecule has 1 unspecified atom stereocenters. The average Bonchev–Trinajstić information content (AvgIpc) is 2.79. The summed E-state index contributed by atoms with van der Waals surface area (Å²) < 4.78 is 46.4. The van der Waals surface area contributed by atoms with Crippen molar-refractivity contribution in [2.45, 2.75) is 31.8 Å². The number of ether oxygens (including phenoxy) is 1. The largest absolute Gasteiger partial charge is 0.481 e. The van der Waals surface area contributed by atoms with Crippen molar-refractivity contribution in [2.24, 2.45) is 0 Å². The van der Waals surface area contributed by atoms with Gasteiger partial charge in [-0.25, -0.2) is 18.2 Å². The van der Waals surface area contributed by atoms with Crippen LogP contribution in [0, 0.1) is 17.5 Å².